The molecule has 2 N–H and O–H groups in total. The summed E-state index contributed by atoms with van der Waals surface area (Å²) < 4.78 is 0.533. The number of phenols is 1. The third-order valence-electron chi connectivity index (χ3n) is 3.00. The zero-order valence-corrected chi connectivity index (χ0v) is 13.7. The molecule has 0 spiro atoms. The van der Waals surface area contributed by atoms with Crippen molar-refractivity contribution in [2.24, 2.45) is 0 Å². The Labute approximate surface area is 132 Å². The molecular weight excluding hydrogens is 332 g/mol. The molecule has 2 aromatic rings. The van der Waals surface area contributed by atoms with Crippen molar-refractivity contribution in [1.82, 2.24) is 4.98 Å². The number of pyridine rings is 1. The molecule has 0 saturated carbocycles. The Balaban J connectivity index is 2.22. The van der Waals surface area contributed by atoms with Crippen molar-refractivity contribution < 1.29 is 9.90 Å². The van der Waals surface area contributed by atoms with Gasteiger partial charge in [0.1, 0.15) is 5.75 Å². The van der Waals surface area contributed by atoms with E-state index in [2.05, 4.69) is 26.2 Å². The Hall–Kier alpha value is -1.88. The monoisotopic (exact) mass is 348 g/mol. The van der Waals surface area contributed by atoms with Crippen molar-refractivity contribution in [2.45, 2.75) is 26.2 Å². The first-order chi connectivity index (χ1) is 9.77. The van der Waals surface area contributed by atoms with Crippen LogP contribution < -0.4 is 5.32 Å². The summed E-state index contributed by atoms with van der Waals surface area (Å²) in [7, 11) is 0. The molecule has 0 unspecified atom stereocenters. The van der Waals surface area contributed by atoms with Gasteiger partial charge < -0.3 is 10.4 Å². The second-order valence-corrected chi connectivity index (χ2v) is 6.65. The van der Waals surface area contributed by atoms with Gasteiger partial charge in [-0.05, 0) is 46.3 Å². The number of benzene rings is 1. The largest absolute Gasteiger partial charge is 0.507 e. The van der Waals surface area contributed by atoms with Crippen LogP contribution in [-0.2, 0) is 5.41 Å². The number of amides is 1. The van der Waals surface area contributed by atoms with Crippen LogP contribution >= 0.6 is 15.9 Å². The van der Waals surface area contributed by atoms with Crippen molar-refractivity contribution in [3.05, 3.63) is 52.3 Å². The topological polar surface area (TPSA) is 62.2 Å². The van der Waals surface area contributed by atoms with Gasteiger partial charge in [-0.3, -0.25) is 9.78 Å². The number of aromatic nitrogens is 1. The maximum absolute atomic E-state index is 12.3. The van der Waals surface area contributed by atoms with E-state index in [-0.39, 0.29) is 17.1 Å². The highest BCUT2D eigenvalue weighted by atomic mass is 79.9. The lowest BCUT2D eigenvalue weighted by Gasteiger charge is -2.18. The molecule has 0 fully saturated rings. The summed E-state index contributed by atoms with van der Waals surface area (Å²) >= 11 is 3.22. The van der Waals surface area contributed by atoms with Gasteiger partial charge in [0.25, 0.3) is 5.91 Å². The average Bonchev–Trinajstić information content (AvgIpc) is 2.42. The summed E-state index contributed by atoms with van der Waals surface area (Å²) in [6.45, 7) is 6.15. The molecule has 0 bridgehead atoms. The maximum atomic E-state index is 12.3. The summed E-state index contributed by atoms with van der Waals surface area (Å²) in [5.74, 6) is -0.0765. The Kier molecular flexibility index (Phi) is 4.32. The molecule has 110 valence electrons. The number of hydrogen-bond donors (Lipinski definition) is 2. The zero-order valence-electron chi connectivity index (χ0n) is 12.1. The standard InChI is InChI=1S/C16H17BrN2O2/c1-16(2,3)14-8-10(6-7-18-14)15(21)19-11-4-5-13(20)12(17)9-11/h4-9,20H,1-3H3,(H,19,21). The molecular formula is C16H17BrN2O2. The van der Waals surface area contributed by atoms with E-state index in [1.807, 2.05) is 20.8 Å². The summed E-state index contributed by atoms with van der Waals surface area (Å²) in [6, 6.07) is 8.29. The van der Waals surface area contributed by atoms with Crippen LogP contribution in [0.15, 0.2) is 41.0 Å². The summed E-state index contributed by atoms with van der Waals surface area (Å²) in [4.78, 5) is 16.6. The Morgan fingerprint density at radius 1 is 1.24 bits per heavy atom. The van der Waals surface area contributed by atoms with E-state index in [0.717, 1.165) is 5.69 Å². The zero-order chi connectivity index (χ0) is 15.6. The number of aromatic hydroxyl groups is 1. The third kappa shape index (κ3) is 3.82. The van der Waals surface area contributed by atoms with E-state index in [1.54, 1.807) is 30.5 Å². The van der Waals surface area contributed by atoms with Gasteiger partial charge >= 0.3 is 0 Å². The van der Waals surface area contributed by atoms with Gasteiger partial charge in [-0.1, -0.05) is 20.8 Å². The number of nitrogens with one attached hydrogen (secondary N) is 1. The van der Waals surface area contributed by atoms with E-state index >= 15 is 0 Å². The number of carbonyl (C=O) groups excluding carboxylic acids is 1. The first-order valence-corrected chi connectivity index (χ1v) is 7.33. The quantitative estimate of drug-likeness (QED) is 0.803. The maximum Gasteiger partial charge on any atom is 0.255 e. The van der Waals surface area contributed by atoms with Crippen molar-refractivity contribution in [1.29, 1.82) is 0 Å². The van der Waals surface area contributed by atoms with Crippen molar-refractivity contribution >= 4 is 27.5 Å². The predicted octanol–water partition coefficient (Wildman–Crippen LogP) is 4.10. The summed E-state index contributed by atoms with van der Waals surface area (Å²) in [6.07, 6.45) is 1.64. The van der Waals surface area contributed by atoms with Gasteiger partial charge in [-0.15, -0.1) is 0 Å². The van der Waals surface area contributed by atoms with Crippen LogP contribution in [0.4, 0.5) is 5.69 Å². The van der Waals surface area contributed by atoms with Crippen LogP contribution in [0.2, 0.25) is 0 Å². The summed E-state index contributed by atoms with van der Waals surface area (Å²) in [5, 5.41) is 12.3. The SMILES string of the molecule is CC(C)(C)c1cc(C(=O)Nc2ccc(O)c(Br)c2)ccn1. The lowest BCUT2D eigenvalue weighted by molar-refractivity contribution is 0.102. The van der Waals surface area contributed by atoms with Crippen molar-refractivity contribution in [3.63, 3.8) is 0 Å². The molecule has 0 aliphatic carbocycles. The van der Waals surface area contributed by atoms with Crippen LogP contribution in [0.25, 0.3) is 0 Å². The molecule has 1 heterocycles. The van der Waals surface area contributed by atoms with Gasteiger partial charge in [0, 0.05) is 28.6 Å². The molecule has 1 aromatic heterocycles. The Bertz CT molecular complexity index is 678. The van der Waals surface area contributed by atoms with Crippen LogP contribution in [0.3, 0.4) is 0 Å². The molecule has 21 heavy (non-hydrogen) atoms. The number of hydrogen-bond acceptors (Lipinski definition) is 3. The van der Waals surface area contributed by atoms with Crippen LogP contribution in [0.1, 0.15) is 36.8 Å². The van der Waals surface area contributed by atoms with Gasteiger partial charge in [0.15, 0.2) is 0 Å². The second kappa shape index (κ2) is 5.85. The summed E-state index contributed by atoms with van der Waals surface area (Å²) in [5.41, 5.74) is 1.91. The molecule has 0 atom stereocenters. The number of halogens is 1. The van der Waals surface area contributed by atoms with Gasteiger partial charge in [0.2, 0.25) is 0 Å². The van der Waals surface area contributed by atoms with Crippen molar-refractivity contribution in [2.75, 3.05) is 5.32 Å². The molecule has 0 aliphatic rings. The van der Waals surface area contributed by atoms with Gasteiger partial charge in [0.05, 0.1) is 4.47 Å². The second-order valence-electron chi connectivity index (χ2n) is 5.80. The van der Waals surface area contributed by atoms with E-state index in [0.29, 0.717) is 15.7 Å². The molecule has 2 rings (SSSR count). The van der Waals surface area contributed by atoms with E-state index in [9.17, 15) is 9.90 Å². The molecule has 0 radical (unpaired) electrons. The average molecular weight is 349 g/mol. The normalized spacial score (nSPS) is 11.2. The first-order valence-electron chi connectivity index (χ1n) is 6.54. The molecule has 1 aromatic carbocycles. The minimum absolute atomic E-state index is 0.113. The van der Waals surface area contributed by atoms with E-state index in [4.69, 9.17) is 0 Å². The van der Waals surface area contributed by atoms with E-state index in [1.165, 1.54) is 6.07 Å². The van der Waals surface area contributed by atoms with Crippen LogP contribution in [-0.4, -0.2) is 16.0 Å². The minimum atomic E-state index is -0.208. The minimum Gasteiger partial charge on any atom is -0.507 e. The molecule has 0 saturated heterocycles. The Morgan fingerprint density at radius 2 is 1.95 bits per heavy atom. The fourth-order valence-corrected chi connectivity index (χ4v) is 2.15. The lowest BCUT2D eigenvalue weighted by Crippen LogP contribution is -2.17. The smallest absolute Gasteiger partial charge is 0.255 e. The number of phenolic OH excluding ortho intramolecular Hbond substituents is 1. The molecule has 1 amide bonds. The van der Waals surface area contributed by atoms with Crippen molar-refractivity contribution in [3.8, 4) is 5.75 Å². The fraction of sp³-hybridized carbons (Fsp3) is 0.250. The van der Waals surface area contributed by atoms with Gasteiger partial charge in [-0.2, -0.15) is 0 Å². The first kappa shape index (κ1) is 15.5. The number of anilines is 1. The highest BCUT2D eigenvalue weighted by molar-refractivity contribution is 9.10. The van der Waals surface area contributed by atoms with Gasteiger partial charge in [-0.25, -0.2) is 0 Å². The highest BCUT2D eigenvalue weighted by Crippen LogP contribution is 2.27. The molecule has 0 aliphatic heterocycles. The lowest BCUT2D eigenvalue weighted by atomic mass is 9.91. The number of nitrogens with zero attached hydrogens (tertiary/aromatic N) is 1. The molecule has 4 nitrogen and oxygen atoms in total. The number of carbonyl (C=O) groups is 1. The van der Waals surface area contributed by atoms with E-state index < -0.39 is 0 Å². The fourth-order valence-electron chi connectivity index (χ4n) is 1.77. The Morgan fingerprint density at radius 3 is 2.57 bits per heavy atom. The van der Waals surface area contributed by atoms with Crippen LogP contribution in [0.5, 0.6) is 5.75 Å². The predicted molar refractivity (Wildman–Crippen MR) is 86.7 cm³/mol. The van der Waals surface area contributed by atoms with Crippen LogP contribution in [0, 0.1) is 0 Å². The number of rotatable bonds is 2. The highest BCUT2D eigenvalue weighted by Gasteiger charge is 2.17. The molecule has 5 heteroatoms. The third-order valence-corrected chi connectivity index (χ3v) is 3.63.